The molecule has 0 N–H and O–H groups in total. The molecule has 0 aliphatic carbocycles. The minimum absolute atomic E-state index is 1.29. The zero-order valence-electron chi connectivity index (χ0n) is 5.21. The van der Waals surface area contributed by atoms with E-state index in [1.165, 1.54) is 9.70 Å². The van der Waals surface area contributed by atoms with Crippen molar-refractivity contribution in [2.75, 3.05) is 0 Å². The second kappa shape index (κ2) is 3.60. The summed E-state index contributed by atoms with van der Waals surface area (Å²) in [5.41, 5.74) is 3.04. The topological polar surface area (TPSA) is 0 Å². The van der Waals surface area contributed by atoms with Crippen LogP contribution in [-0.4, -0.2) is 0 Å². The molecule has 0 aromatic rings. The molecule has 0 aliphatic heterocycles. The molecule has 0 bridgehead atoms. The van der Waals surface area contributed by atoms with E-state index in [1.807, 2.05) is 0 Å². The first-order valence-corrected chi connectivity index (χ1v) is 4.20. The van der Waals surface area contributed by atoms with Crippen LogP contribution in [0.2, 0.25) is 4.13 Å². The van der Waals surface area contributed by atoms with Gasteiger partial charge < -0.3 is 0 Å². The molecular weight excluding hydrogens is 163 g/mol. The van der Waals surface area contributed by atoms with E-state index in [9.17, 15) is 0 Å². The molecule has 0 atom stereocenters. The van der Waals surface area contributed by atoms with Crippen molar-refractivity contribution in [3.8, 4) is 0 Å². The normalized spacial score (nSPS) is 8.29. The molecule has 0 aliphatic rings. The maximum absolute atomic E-state index is 2.20. The summed E-state index contributed by atoms with van der Waals surface area (Å²) >= 11 is 1.62. The molecule has 0 radical (unpaired) electrons. The van der Waals surface area contributed by atoms with Gasteiger partial charge in [-0.05, 0) is 0 Å². The fraction of sp³-hybridized carbons (Fsp3) is 0.667. The molecule has 0 amide bonds. The van der Waals surface area contributed by atoms with E-state index in [4.69, 9.17) is 0 Å². The van der Waals surface area contributed by atoms with E-state index in [1.54, 1.807) is 30.3 Å². The summed E-state index contributed by atoms with van der Waals surface area (Å²) in [6.07, 6.45) is 0. The van der Waals surface area contributed by atoms with E-state index in [0.29, 0.717) is 0 Å². The molecule has 0 saturated heterocycles. The average Bonchev–Trinajstić information content (AvgIpc) is 1.65. The fourth-order valence-corrected chi connectivity index (χ4v) is 1.05. The van der Waals surface area contributed by atoms with E-state index in [0.717, 1.165) is 0 Å². The summed E-state index contributed by atoms with van der Waals surface area (Å²) in [4.78, 5) is 0. The molecule has 0 nitrogen and oxygen atoms in total. The van der Waals surface area contributed by atoms with Crippen molar-refractivity contribution in [1.29, 1.82) is 0 Å². The Hall–Kier alpha value is 0.623. The van der Waals surface area contributed by atoms with Crippen molar-refractivity contribution in [3.63, 3.8) is 0 Å². The van der Waals surface area contributed by atoms with Gasteiger partial charge in [-0.1, -0.05) is 0 Å². The Morgan fingerprint density at radius 3 is 1.71 bits per heavy atom. The Kier molecular flexibility index (Phi) is 3.92. The zero-order valence-corrected chi connectivity index (χ0v) is 7.67. The van der Waals surface area contributed by atoms with Crippen LogP contribution in [0.15, 0.2) is 11.1 Å². The predicted molar refractivity (Wildman–Crippen MR) is 28.9 cm³/mol. The van der Waals surface area contributed by atoms with Crippen LogP contribution in [0, 0.1) is 0 Å². The first-order chi connectivity index (χ1) is 3.18. The molecule has 0 rings (SSSR count). The predicted octanol–water partition coefficient (Wildman–Crippen LogP) is 2.31. The van der Waals surface area contributed by atoms with Gasteiger partial charge in [-0.2, -0.15) is 0 Å². The summed E-state index contributed by atoms with van der Waals surface area (Å²) in [5.74, 6) is 0. The van der Waals surface area contributed by atoms with Gasteiger partial charge >= 0.3 is 60.8 Å². The number of hydrogen-bond acceptors (Lipinski definition) is 0. The fourth-order valence-electron chi connectivity index (χ4n) is 0.177. The van der Waals surface area contributed by atoms with E-state index < -0.39 is 0 Å². The molecule has 0 aromatic carbocycles. The van der Waals surface area contributed by atoms with Gasteiger partial charge in [0.25, 0.3) is 0 Å². The molecule has 7 heavy (non-hydrogen) atoms. The minimum atomic E-state index is 1.29. The van der Waals surface area contributed by atoms with E-state index >= 15 is 0 Å². The molecule has 39 valence electrons. The summed E-state index contributed by atoms with van der Waals surface area (Å²) < 4.78 is 1.29. The average molecular weight is 174 g/mol. The molecule has 0 unspecified atom stereocenters. The Bertz CT molecular complexity index is 78.2. The summed E-state index contributed by atoms with van der Waals surface area (Å²) in [5, 5.41) is 0. The van der Waals surface area contributed by atoms with Crippen LogP contribution in [0.25, 0.3) is 0 Å². The number of rotatable bonds is 1. The SMILES string of the molecule is CC(C)=C(C)[CH2][Zr]. The molecule has 0 spiro atoms. The van der Waals surface area contributed by atoms with Crippen LogP contribution in [0.1, 0.15) is 20.8 Å². The van der Waals surface area contributed by atoms with Crippen LogP contribution in [-0.2, 0) is 24.7 Å². The maximum atomic E-state index is 2.20. The van der Waals surface area contributed by atoms with Crippen molar-refractivity contribution < 1.29 is 24.7 Å². The van der Waals surface area contributed by atoms with Gasteiger partial charge in [-0.15, -0.1) is 0 Å². The summed E-state index contributed by atoms with van der Waals surface area (Å²) in [6, 6.07) is 0. The monoisotopic (exact) mass is 173 g/mol. The van der Waals surface area contributed by atoms with Gasteiger partial charge in [0.2, 0.25) is 0 Å². The van der Waals surface area contributed by atoms with Crippen molar-refractivity contribution in [2.24, 2.45) is 0 Å². The number of allylic oxidation sites excluding steroid dienone is 2. The van der Waals surface area contributed by atoms with Crippen LogP contribution < -0.4 is 0 Å². The molecule has 0 aromatic heterocycles. The molecule has 0 saturated carbocycles. The standard InChI is InChI=1S/C6H11.Zr/c1-5(2)6(3)4;/h1H2,2-4H3;. The third-order valence-electron chi connectivity index (χ3n) is 1.12. The molecule has 1 heteroatoms. The Morgan fingerprint density at radius 2 is 1.71 bits per heavy atom. The quantitative estimate of drug-likeness (QED) is 0.535. The van der Waals surface area contributed by atoms with Crippen LogP contribution in [0.5, 0.6) is 0 Å². The van der Waals surface area contributed by atoms with E-state index in [2.05, 4.69) is 20.8 Å². The van der Waals surface area contributed by atoms with Gasteiger partial charge in [0.1, 0.15) is 0 Å². The van der Waals surface area contributed by atoms with Crippen LogP contribution in [0.4, 0.5) is 0 Å². The van der Waals surface area contributed by atoms with Gasteiger partial charge in [0.15, 0.2) is 0 Å². The second-order valence-corrected chi connectivity index (χ2v) is 2.83. The van der Waals surface area contributed by atoms with Crippen LogP contribution >= 0.6 is 0 Å². The van der Waals surface area contributed by atoms with Crippen molar-refractivity contribution in [2.45, 2.75) is 24.9 Å². The first kappa shape index (κ1) is 7.62. The van der Waals surface area contributed by atoms with Gasteiger partial charge in [-0.3, -0.25) is 0 Å². The molecule has 0 fully saturated rings. The van der Waals surface area contributed by atoms with Gasteiger partial charge in [0, 0.05) is 0 Å². The van der Waals surface area contributed by atoms with E-state index in [-0.39, 0.29) is 0 Å². The van der Waals surface area contributed by atoms with Crippen molar-refractivity contribution in [3.05, 3.63) is 11.1 Å². The van der Waals surface area contributed by atoms with Crippen LogP contribution in [0.3, 0.4) is 0 Å². The molecular formula is C6H11Zr. The first-order valence-electron chi connectivity index (χ1n) is 2.46. The summed E-state index contributed by atoms with van der Waals surface area (Å²) in [6.45, 7) is 6.53. The molecule has 0 heterocycles. The zero-order chi connectivity index (χ0) is 5.86. The third-order valence-corrected chi connectivity index (χ3v) is 2.42. The Labute approximate surface area is 60.8 Å². The second-order valence-electron chi connectivity index (χ2n) is 1.96. The summed E-state index contributed by atoms with van der Waals surface area (Å²) in [7, 11) is 0. The number of hydrogen-bond donors (Lipinski definition) is 0. The van der Waals surface area contributed by atoms with Gasteiger partial charge in [-0.25, -0.2) is 0 Å². The van der Waals surface area contributed by atoms with Gasteiger partial charge in [0.05, 0.1) is 0 Å². The third kappa shape index (κ3) is 3.23. The Morgan fingerprint density at radius 1 is 1.29 bits per heavy atom. The Balaban J connectivity index is 3.72. The van der Waals surface area contributed by atoms with Crippen molar-refractivity contribution in [1.82, 2.24) is 0 Å². The van der Waals surface area contributed by atoms with Crippen molar-refractivity contribution >= 4 is 0 Å².